The summed E-state index contributed by atoms with van der Waals surface area (Å²) < 4.78 is 84.5. The smallest absolute Gasteiger partial charge is 0.491 e. The highest BCUT2D eigenvalue weighted by Gasteiger charge is 2.37. The standard InChI is InChI=1S/C23H27F3N6O6S/c1-4-7-36-19(20-27-9-13(2)10-28-20)14(3)39(34,35)31-22-30-29-21-17-8-16(38-23(24,25)26)5-6-18(17)37-12-15(11-33)32(21)22/h5-6,8-10,14-15,19,33H,4,7,11-12H2,1-3H3,(H,30,31)/t14-,15-,19+/m0/s1. The third-order valence-corrected chi connectivity index (χ3v) is 7.53. The largest absolute Gasteiger partial charge is 0.573 e. The van der Waals surface area contributed by atoms with E-state index in [9.17, 15) is 26.7 Å². The van der Waals surface area contributed by atoms with Crippen LogP contribution >= 0.6 is 0 Å². The van der Waals surface area contributed by atoms with E-state index in [0.717, 1.165) is 17.7 Å². The lowest BCUT2D eigenvalue weighted by Crippen LogP contribution is -2.34. The lowest BCUT2D eigenvalue weighted by Gasteiger charge is -2.24. The van der Waals surface area contributed by atoms with Crippen molar-refractivity contribution in [1.29, 1.82) is 0 Å². The van der Waals surface area contributed by atoms with E-state index >= 15 is 0 Å². The van der Waals surface area contributed by atoms with E-state index in [1.807, 2.05) is 6.92 Å². The molecule has 12 nitrogen and oxygen atoms in total. The average Bonchev–Trinajstić information content (AvgIpc) is 3.20. The lowest BCUT2D eigenvalue weighted by atomic mass is 10.1. The molecule has 0 bridgehead atoms. The van der Waals surface area contributed by atoms with Crippen molar-refractivity contribution in [2.45, 2.75) is 51.0 Å². The molecule has 0 unspecified atom stereocenters. The van der Waals surface area contributed by atoms with Crippen LogP contribution in [0, 0.1) is 6.92 Å². The molecular formula is C23H27F3N6O6S. The fraction of sp³-hybridized carbons (Fsp3) is 0.478. The number of hydrogen-bond acceptors (Lipinski definition) is 10. The first kappa shape index (κ1) is 28.5. The number of alkyl halides is 3. The zero-order valence-corrected chi connectivity index (χ0v) is 22.0. The second-order valence-electron chi connectivity index (χ2n) is 8.83. The Morgan fingerprint density at radius 1 is 1.26 bits per heavy atom. The fourth-order valence-corrected chi connectivity index (χ4v) is 4.99. The summed E-state index contributed by atoms with van der Waals surface area (Å²) in [6.07, 6.45) is -2.23. The molecule has 3 aromatic rings. The van der Waals surface area contributed by atoms with Crippen molar-refractivity contribution in [1.82, 2.24) is 24.7 Å². The highest BCUT2D eigenvalue weighted by molar-refractivity contribution is 7.93. The molecular weight excluding hydrogens is 545 g/mol. The molecule has 3 heterocycles. The van der Waals surface area contributed by atoms with E-state index in [0.29, 0.717) is 6.42 Å². The van der Waals surface area contributed by atoms with Crippen LogP contribution < -0.4 is 14.2 Å². The molecule has 1 aromatic carbocycles. The van der Waals surface area contributed by atoms with Gasteiger partial charge in [-0.25, -0.2) is 18.4 Å². The van der Waals surface area contributed by atoms with Crippen LogP contribution in [0.4, 0.5) is 19.1 Å². The van der Waals surface area contributed by atoms with Crippen LogP contribution in [-0.4, -0.2) is 69.7 Å². The maximum Gasteiger partial charge on any atom is 0.573 e. The van der Waals surface area contributed by atoms with Crippen LogP contribution in [0.2, 0.25) is 0 Å². The quantitative estimate of drug-likeness (QED) is 0.371. The Labute approximate surface area is 222 Å². The zero-order valence-electron chi connectivity index (χ0n) is 21.2. The number of aliphatic hydroxyl groups excluding tert-OH is 1. The van der Waals surface area contributed by atoms with Gasteiger partial charge in [-0.3, -0.25) is 9.29 Å². The van der Waals surface area contributed by atoms with Crippen LogP contribution in [0.3, 0.4) is 0 Å². The Morgan fingerprint density at radius 2 is 1.97 bits per heavy atom. The van der Waals surface area contributed by atoms with Crippen molar-refractivity contribution in [3.05, 3.63) is 42.0 Å². The van der Waals surface area contributed by atoms with Gasteiger partial charge >= 0.3 is 6.36 Å². The van der Waals surface area contributed by atoms with Crippen LogP contribution in [0.5, 0.6) is 11.5 Å². The molecule has 1 aliphatic heterocycles. The zero-order chi connectivity index (χ0) is 28.4. The molecule has 0 saturated carbocycles. The number of hydrogen-bond donors (Lipinski definition) is 2. The van der Waals surface area contributed by atoms with E-state index < -0.39 is 46.1 Å². The molecule has 0 radical (unpaired) electrons. The van der Waals surface area contributed by atoms with Crippen molar-refractivity contribution in [3.8, 4) is 22.9 Å². The van der Waals surface area contributed by atoms with Gasteiger partial charge in [-0.2, -0.15) is 0 Å². The third-order valence-electron chi connectivity index (χ3n) is 5.83. The number of sulfonamides is 1. The van der Waals surface area contributed by atoms with Gasteiger partial charge in [0.2, 0.25) is 16.0 Å². The number of aryl methyl sites for hydroxylation is 1. The van der Waals surface area contributed by atoms with E-state index in [1.54, 1.807) is 19.3 Å². The molecule has 0 aliphatic carbocycles. The van der Waals surface area contributed by atoms with Crippen molar-refractivity contribution < 1.29 is 40.9 Å². The molecule has 39 heavy (non-hydrogen) atoms. The number of aromatic nitrogens is 5. The molecule has 2 aromatic heterocycles. The first-order valence-electron chi connectivity index (χ1n) is 11.9. The van der Waals surface area contributed by atoms with Gasteiger partial charge in [0.15, 0.2) is 11.6 Å². The third kappa shape index (κ3) is 6.39. The first-order chi connectivity index (χ1) is 18.4. The molecule has 3 atom stereocenters. The van der Waals surface area contributed by atoms with Crippen molar-refractivity contribution in [2.24, 2.45) is 0 Å². The van der Waals surface area contributed by atoms with Gasteiger partial charge in [0, 0.05) is 19.0 Å². The monoisotopic (exact) mass is 572 g/mol. The minimum Gasteiger partial charge on any atom is -0.491 e. The van der Waals surface area contributed by atoms with Gasteiger partial charge < -0.3 is 19.3 Å². The van der Waals surface area contributed by atoms with Crippen LogP contribution in [0.1, 0.15) is 43.8 Å². The van der Waals surface area contributed by atoms with Crippen LogP contribution in [0.25, 0.3) is 11.4 Å². The summed E-state index contributed by atoms with van der Waals surface area (Å²) in [6.45, 7) is 4.70. The summed E-state index contributed by atoms with van der Waals surface area (Å²) in [6, 6.07) is 2.52. The Balaban J connectivity index is 1.70. The number of aliphatic hydroxyl groups is 1. The average molecular weight is 573 g/mol. The van der Waals surface area contributed by atoms with Gasteiger partial charge in [0.05, 0.1) is 18.2 Å². The topological polar surface area (TPSA) is 151 Å². The molecule has 16 heteroatoms. The van der Waals surface area contributed by atoms with Crippen LogP contribution in [-0.2, 0) is 14.8 Å². The maximum absolute atomic E-state index is 13.5. The van der Waals surface area contributed by atoms with Crippen molar-refractivity contribution in [2.75, 3.05) is 24.5 Å². The summed E-state index contributed by atoms with van der Waals surface area (Å²) in [5, 5.41) is 16.7. The normalized spacial score (nSPS) is 16.8. The number of nitrogens with zero attached hydrogens (tertiary/aromatic N) is 5. The Morgan fingerprint density at radius 3 is 2.62 bits per heavy atom. The molecule has 2 N–H and O–H groups in total. The van der Waals surface area contributed by atoms with Gasteiger partial charge in [-0.05, 0) is 44.0 Å². The van der Waals surface area contributed by atoms with Gasteiger partial charge in [-0.15, -0.1) is 23.4 Å². The van der Waals surface area contributed by atoms with Crippen molar-refractivity contribution in [3.63, 3.8) is 0 Å². The maximum atomic E-state index is 13.5. The van der Waals surface area contributed by atoms with Crippen molar-refractivity contribution >= 4 is 16.0 Å². The van der Waals surface area contributed by atoms with E-state index in [1.165, 1.54) is 17.6 Å². The minimum absolute atomic E-state index is 0.0276. The molecule has 0 spiro atoms. The molecule has 0 amide bonds. The first-order valence-corrected chi connectivity index (χ1v) is 13.5. The Kier molecular flexibility index (Phi) is 8.27. The second-order valence-corrected chi connectivity index (χ2v) is 10.9. The minimum atomic E-state index is -4.93. The molecule has 0 fully saturated rings. The number of ether oxygens (including phenoxy) is 3. The lowest BCUT2D eigenvalue weighted by molar-refractivity contribution is -0.274. The van der Waals surface area contributed by atoms with E-state index in [-0.39, 0.29) is 42.1 Å². The summed E-state index contributed by atoms with van der Waals surface area (Å²) in [4.78, 5) is 8.45. The summed E-state index contributed by atoms with van der Waals surface area (Å²) in [5.74, 6) is -0.499. The predicted octanol–water partition coefficient (Wildman–Crippen LogP) is 3.17. The molecule has 212 valence electrons. The number of anilines is 1. The summed E-state index contributed by atoms with van der Waals surface area (Å²) >= 11 is 0. The summed E-state index contributed by atoms with van der Waals surface area (Å²) in [5.41, 5.74) is 0.852. The highest BCUT2D eigenvalue weighted by Crippen LogP contribution is 2.39. The predicted molar refractivity (Wildman–Crippen MR) is 132 cm³/mol. The summed E-state index contributed by atoms with van der Waals surface area (Å²) in [7, 11) is -4.23. The molecule has 1 aliphatic rings. The second kappa shape index (κ2) is 11.3. The van der Waals surface area contributed by atoms with E-state index in [2.05, 4.69) is 29.6 Å². The highest BCUT2D eigenvalue weighted by atomic mass is 32.2. The number of nitrogens with one attached hydrogen (secondary N) is 1. The number of rotatable bonds is 10. The van der Waals surface area contributed by atoms with Gasteiger partial charge in [0.25, 0.3) is 0 Å². The Hall–Kier alpha value is -3.50. The van der Waals surface area contributed by atoms with Gasteiger partial charge in [-0.1, -0.05) is 6.92 Å². The van der Waals surface area contributed by atoms with Gasteiger partial charge in [0.1, 0.15) is 29.5 Å². The molecule has 0 saturated heterocycles. The number of halogens is 3. The number of benzene rings is 1. The van der Waals surface area contributed by atoms with Crippen LogP contribution in [0.15, 0.2) is 30.6 Å². The van der Waals surface area contributed by atoms with E-state index in [4.69, 9.17) is 9.47 Å². The number of fused-ring (bicyclic) bond motifs is 3. The molecule has 4 rings (SSSR count). The fourth-order valence-electron chi connectivity index (χ4n) is 3.89. The Bertz CT molecular complexity index is 1400. The SMILES string of the molecule is CCCO[C@@H](c1ncc(C)cn1)[C@H](C)S(=O)(=O)Nc1nnc2n1[C@@H](CO)COc1ccc(OC(F)(F)F)cc1-2.